The topological polar surface area (TPSA) is 99.3 Å². The van der Waals surface area contributed by atoms with Gasteiger partial charge in [0.2, 0.25) is 17.7 Å². The van der Waals surface area contributed by atoms with E-state index in [4.69, 9.17) is 4.74 Å². The Morgan fingerprint density at radius 3 is 2.05 bits per heavy atom. The van der Waals surface area contributed by atoms with Crippen LogP contribution in [0.15, 0.2) is 11.6 Å². The van der Waals surface area contributed by atoms with Crippen LogP contribution < -0.4 is 5.32 Å². The van der Waals surface area contributed by atoms with Crippen molar-refractivity contribution in [2.45, 2.75) is 131 Å². The first-order chi connectivity index (χ1) is 18.7. The van der Waals surface area contributed by atoms with Crippen LogP contribution in [-0.4, -0.2) is 94.8 Å². The van der Waals surface area contributed by atoms with Crippen LogP contribution in [0.2, 0.25) is 0 Å². The molecule has 3 unspecified atom stereocenters. The first-order valence-electron chi connectivity index (χ1n) is 15.2. The molecule has 9 heteroatoms. The summed E-state index contributed by atoms with van der Waals surface area (Å²) in [5.41, 5.74) is 0.488. The van der Waals surface area contributed by atoms with E-state index in [9.17, 15) is 19.2 Å². The van der Waals surface area contributed by atoms with Crippen LogP contribution in [0.4, 0.5) is 0 Å². The van der Waals surface area contributed by atoms with Gasteiger partial charge in [-0.25, -0.2) is 4.79 Å². The van der Waals surface area contributed by atoms with Gasteiger partial charge in [0, 0.05) is 25.2 Å². The third-order valence-corrected chi connectivity index (χ3v) is 8.11. The van der Waals surface area contributed by atoms with Gasteiger partial charge >= 0.3 is 5.97 Å². The van der Waals surface area contributed by atoms with Crippen molar-refractivity contribution in [2.75, 3.05) is 20.1 Å². The zero-order valence-electron chi connectivity index (χ0n) is 26.5. The summed E-state index contributed by atoms with van der Waals surface area (Å²) in [4.78, 5) is 58.7. The Morgan fingerprint density at radius 1 is 0.875 bits per heavy atom. The maximum atomic E-state index is 13.8. The van der Waals surface area contributed by atoms with Gasteiger partial charge in [0.05, 0.1) is 18.2 Å². The first kappa shape index (κ1) is 33.8. The molecule has 40 heavy (non-hydrogen) atoms. The highest BCUT2D eigenvalue weighted by atomic mass is 16.5. The van der Waals surface area contributed by atoms with Gasteiger partial charge in [-0.15, -0.1) is 0 Å². The van der Waals surface area contributed by atoms with Gasteiger partial charge in [0.25, 0.3) is 0 Å². The summed E-state index contributed by atoms with van der Waals surface area (Å²) in [6, 6.07) is -1.59. The molecule has 4 atom stereocenters. The van der Waals surface area contributed by atoms with Crippen molar-refractivity contribution >= 4 is 23.7 Å². The molecule has 2 aliphatic heterocycles. The smallest absolute Gasteiger partial charge is 0.329 e. The molecule has 0 aliphatic carbocycles. The predicted octanol–water partition coefficient (Wildman–Crippen LogP) is 3.76. The van der Waals surface area contributed by atoms with Crippen LogP contribution in [0.5, 0.6) is 0 Å². The monoisotopic (exact) mass is 562 g/mol. The molecule has 2 heterocycles. The van der Waals surface area contributed by atoms with Gasteiger partial charge in [-0.05, 0) is 78.7 Å². The SMILES string of the molecule is C/C(=C\[C@H](C(C)C)N(C)C(=O)C(NC(=O)C1CCCCN1C(C)C)C(C)C)C(=O)N1CCCC1C(=O)OC(C)C. The normalized spacial score (nSPS) is 22.1. The van der Waals surface area contributed by atoms with E-state index in [1.54, 1.807) is 37.6 Å². The van der Waals surface area contributed by atoms with E-state index in [0.29, 0.717) is 18.5 Å². The molecule has 2 aliphatic rings. The van der Waals surface area contributed by atoms with Crippen molar-refractivity contribution < 1.29 is 23.9 Å². The summed E-state index contributed by atoms with van der Waals surface area (Å²) in [5, 5.41) is 3.08. The minimum absolute atomic E-state index is 0.0234. The first-order valence-corrected chi connectivity index (χ1v) is 15.2. The number of piperidine rings is 1. The number of carbonyl (C=O) groups is 4. The fraction of sp³-hybridized carbons (Fsp3) is 0.806. The van der Waals surface area contributed by atoms with Crippen molar-refractivity contribution in [3.63, 3.8) is 0 Å². The number of likely N-dealkylation sites (N-methyl/N-ethyl adjacent to an activating group) is 1. The highest BCUT2D eigenvalue weighted by molar-refractivity contribution is 5.96. The average Bonchev–Trinajstić information content (AvgIpc) is 3.38. The van der Waals surface area contributed by atoms with Gasteiger partial charge < -0.3 is 19.9 Å². The Morgan fingerprint density at radius 2 is 1.50 bits per heavy atom. The molecule has 0 spiro atoms. The Balaban J connectivity index is 2.21. The summed E-state index contributed by atoms with van der Waals surface area (Å²) in [6.45, 7) is 18.8. The summed E-state index contributed by atoms with van der Waals surface area (Å²) in [5.74, 6) is -0.933. The van der Waals surface area contributed by atoms with Crippen LogP contribution in [-0.2, 0) is 23.9 Å². The molecule has 0 aromatic heterocycles. The third kappa shape index (κ3) is 8.54. The molecule has 0 radical (unpaired) electrons. The summed E-state index contributed by atoms with van der Waals surface area (Å²) >= 11 is 0. The molecule has 2 saturated heterocycles. The number of rotatable bonds is 11. The van der Waals surface area contributed by atoms with Crippen LogP contribution in [0, 0.1) is 11.8 Å². The molecule has 2 rings (SSSR count). The number of hydrogen-bond donors (Lipinski definition) is 1. The second kappa shape index (κ2) is 15.0. The molecular weight excluding hydrogens is 508 g/mol. The minimum atomic E-state index is -0.673. The highest BCUT2D eigenvalue weighted by Crippen LogP contribution is 2.24. The number of nitrogens with one attached hydrogen (secondary N) is 1. The van der Waals surface area contributed by atoms with Crippen molar-refractivity contribution in [3.05, 3.63) is 11.6 Å². The van der Waals surface area contributed by atoms with Gasteiger partial charge in [0.15, 0.2) is 0 Å². The molecule has 9 nitrogen and oxygen atoms in total. The maximum absolute atomic E-state index is 13.8. The Labute approximate surface area is 242 Å². The number of ether oxygens (including phenoxy) is 1. The van der Waals surface area contributed by atoms with Gasteiger partial charge in [-0.3, -0.25) is 19.3 Å². The molecule has 0 aromatic carbocycles. The number of hydrogen-bond acceptors (Lipinski definition) is 6. The molecule has 0 aromatic rings. The average molecular weight is 563 g/mol. The summed E-state index contributed by atoms with van der Waals surface area (Å²) < 4.78 is 5.38. The van der Waals surface area contributed by atoms with Crippen molar-refractivity contribution in [2.24, 2.45) is 11.8 Å². The van der Waals surface area contributed by atoms with Crippen LogP contribution in [0.1, 0.15) is 94.4 Å². The Hall–Kier alpha value is -2.42. The fourth-order valence-corrected chi connectivity index (χ4v) is 5.85. The summed E-state index contributed by atoms with van der Waals surface area (Å²) in [7, 11) is 1.74. The van der Waals surface area contributed by atoms with E-state index >= 15 is 0 Å². The highest BCUT2D eigenvalue weighted by Gasteiger charge is 2.38. The second-order valence-electron chi connectivity index (χ2n) is 12.7. The lowest BCUT2D eigenvalue weighted by Gasteiger charge is -2.39. The van der Waals surface area contributed by atoms with E-state index in [0.717, 1.165) is 32.2 Å². The van der Waals surface area contributed by atoms with E-state index < -0.39 is 12.1 Å². The zero-order valence-corrected chi connectivity index (χ0v) is 26.5. The van der Waals surface area contributed by atoms with Crippen LogP contribution in [0.25, 0.3) is 0 Å². The van der Waals surface area contributed by atoms with Crippen LogP contribution in [0.3, 0.4) is 0 Å². The molecule has 3 amide bonds. The van der Waals surface area contributed by atoms with Gasteiger partial charge in [-0.1, -0.05) is 40.2 Å². The van der Waals surface area contributed by atoms with Gasteiger partial charge in [0.1, 0.15) is 12.1 Å². The number of likely N-dealkylation sites (tertiary alicyclic amines) is 2. The van der Waals surface area contributed by atoms with Crippen molar-refractivity contribution in [1.29, 1.82) is 0 Å². The molecule has 0 bridgehead atoms. The number of carbonyl (C=O) groups excluding carboxylic acids is 4. The fourth-order valence-electron chi connectivity index (χ4n) is 5.85. The number of nitrogens with zero attached hydrogens (tertiary/aromatic N) is 3. The van der Waals surface area contributed by atoms with Crippen molar-refractivity contribution in [3.8, 4) is 0 Å². The quantitative estimate of drug-likeness (QED) is 0.304. The minimum Gasteiger partial charge on any atom is -0.461 e. The Bertz CT molecular complexity index is 929. The maximum Gasteiger partial charge on any atom is 0.329 e. The largest absolute Gasteiger partial charge is 0.461 e. The van der Waals surface area contributed by atoms with E-state index in [2.05, 4.69) is 24.1 Å². The molecule has 228 valence electrons. The lowest BCUT2D eigenvalue weighted by Crippen LogP contribution is -2.58. The lowest BCUT2D eigenvalue weighted by molar-refractivity contribution is -0.155. The molecule has 0 saturated carbocycles. The number of esters is 1. The Kier molecular flexibility index (Phi) is 12.7. The van der Waals surface area contributed by atoms with Crippen LogP contribution >= 0.6 is 0 Å². The predicted molar refractivity (Wildman–Crippen MR) is 157 cm³/mol. The second-order valence-corrected chi connectivity index (χ2v) is 12.7. The number of amides is 3. The van der Waals surface area contributed by atoms with E-state index in [1.807, 2.05) is 33.8 Å². The standard InChI is InChI=1S/C31H54N4O5/c1-19(2)26(18-23(9)29(37)35-17-13-15-25(35)31(39)40-22(7)8)33(10)30(38)27(20(3)4)32-28(36)24-14-11-12-16-34(24)21(5)6/h18-22,24-27H,11-17H2,1-10H3,(H,32,36)/b23-18+/t24?,25?,26-,27?/m1/s1. The molecule has 1 N–H and O–H groups in total. The summed E-state index contributed by atoms with van der Waals surface area (Å²) in [6.07, 6.45) is 5.79. The molecular formula is C31H54N4O5. The third-order valence-electron chi connectivity index (χ3n) is 8.11. The lowest BCUT2D eigenvalue weighted by atomic mass is 9.95. The van der Waals surface area contributed by atoms with Gasteiger partial charge in [-0.2, -0.15) is 0 Å². The van der Waals surface area contributed by atoms with E-state index in [-0.39, 0.29) is 59.8 Å². The van der Waals surface area contributed by atoms with E-state index in [1.165, 1.54) is 0 Å². The molecule has 2 fully saturated rings. The zero-order chi connectivity index (χ0) is 30.3. The van der Waals surface area contributed by atoms with Crippen molar-refractivity contribution in [1.82, 2.24) is 20.0 Å².